The maximum Gasteiger partial charge on any atom is 0.0412 e. The Morgan fingerprint density at radius 3 is 2.61 bits per heavy atom. The fourth-order valence-corrected chi connectivity index (χ4v) is 3.00. The van der Waals surface area contributed by atoms with Crippen LogP contribution in [-0.4, -0.2) is 0 Å². The Morgan fingerprint density at radius 2 is 1.94 bits per heavy atom. The summed E-state index contributed by atoms with van der Waals surface area (Å²) in [5.41, 5.74) is 9.87. The molecule has 100 valence electrons. The number of fused-ring (bicyclic) bond motifs is 1. The first kappa shape index (κ1) is 13.6. The van der Waals surface area contributed by atoms with Crippen LogP contribution < -0.4 is 5.73 Å². The second-order valence-corrected chi connectivity index (χ2v) is 7.24. The quantitative estimate of drug-likeness (QED) is 0.812. The van der Waals surface area contributed by atoms with Crippen molar-refractivity contribution in [2.75, 3.05) is 0 Å². The van der Waals surface area contributed by atoms with Crippen LogP contribution in [0.5, 0.6) is 0 Å². The molecule has 2 atom stereocenters. The van der Waals surface area contributed by atoms with E-state index in [9.17, 15) is 0 Å². The molecular weight excluding hydrogens is 218 g/mol. The molecule has 1 aromatic rings. The Kier molecular flexibility index (Phi) is 3.55. The lowest BCUT2D eigenvalue weighted by Gasteiger charge is -2.40. The average Bonchev–Trinajstić information content (AvgIpc) is 2.32. The molecule has 0 fully saturated rings. The van der Waals surface area contributed by atoms with E-state index in [2.05, 4.69) is 52.0 Å². The van der Waals surface area contributed by atoms with Gasteiger partial charge in [0.25, 0.3) is 0 Å². The Morgan fingerprint density at radius 1 is 1.28 bits per heavy atom. The second kappa shape index (κ2) is 4.70. The Bertz CT molecular complexity index is 416. The van der Waals surface area contributed by atoms with Gasteiger partial charge in [-0.05, 0) is 48.1 Å². The minimum Gasteiger partial charge on any atom is -0.321 e. The fraction of sp³-hybridized carbons (Fsp3) is 0.647. The van der Waals surface area contributed by atoms with Gasteiger partial charge in [0.2, 0.25) is 0 Å². The lowest BCUT2D eigenvalue weighted by Crippen LogP contribution is -2.41. The summed E-state index contributed by atoms with van der Waals surface area (Å²) in [4.78, 5) is 0. The number of nitrogens with two attached hydrogens (primary N) is 1. The lowest BCUT2D eigenvalue weighted by molar-refractivity contribution is 0.261. The highest BCUT2D eigenvalue weighted by molar-refractivity contribution is 5.38. The second-order valence-electron chi connectivity index (χ2n) is 7.24. The van der Waals surface area contributed by atoms with Crippen molar-refractivity contribution < 1.29 is 0 Å². The zero-order valence-corrected chi connectivity index (χ0v) is 12.3. The van der Waals surface area contributed by atoms with Crippen LogP contribution >= 0.6 is 0 Å². The van der Waals surface area contributed by atoms with E-state index in [4.69, 9.17) is 5.73 Å². The van der Waals surface area contributed by atoms with Crippen molar-refractivity contribution in [3.05, 3.63) is 35.4 Å². The first-order valence-corrected chi connectivity index (χ1v) is 7.20. The van der Waals surface area contributed by atoms with Crippen LogP contribution in [0.4, 0.5) is 0 Å². The van der Waals surface area contributed by atoms with Crippen molar-refractivity contribution in [2.24, 2.45) is 11.1 Å². The highest BCUT2D eigenvalue weighted by Gasteiger charge is 2.35. The Labute approximate surface area is 112 Å². The summed E-state index contributed by atoms with van der Waals surface area (Å²) < 4.78 is 0. The van der Waals surface area contributed by atoms with E-state index in [0.29, 0.717) is 11.3 Å². The van der Waals surface area contributed by atoms with E-state index < -0.39 is 0 Å². The van der Waals surface area contributed by atoms with Crippen molar-refractivity contribution in [2.45, 2.75) is 64.8 Å². The van der Waals surface area contributed by atoms with Crippen molar-refractivity contribution in [1.82, 2.24) is 0 Å². The molecule has 1 heteroatoms. The van der Waals surface area contributed by atoms with Gasteiger partial charge in [0.15, 0.2) is 0 Å². The molecule has 0 aliphatic heterocycles. The zero-order valence-electron chi connectivity index (χ0n) is 12.3. The topological polar surface area (TPSA) is 26.0 Å². The Balaban J connectivity index is 2.27. The molecule has 18 heavy (non-hydrogen) atoms. The van der Waals surface area contributed by atoms with Crippen molar-refractivity contribution in [3.63, 3.8) is 0 Å². The molecule has 0 bridgehead atoms. The summed E-state index contributed by atoms with van der Waals surface area (Å²) in [5, 5.41) is 0. The van der Waals surface area contributed by atoms with Gasteiger partial charge in [-0.3, -0.25) is 0 Å². The molecule has 2 unspecified atom stereocenters. The molecule has 1 aliphatic rings. The number of benzene rings is 1. The van der Waals surface area contributed by atoms with E-state index in [1.165, 1.54) is 24.0 Å². The van der Waals surface area contributed by atoms with Crippen molar-refractivity contribution >= 4 is 0 Å². The van der Waals surface area contributed by atoms with E-state index >= 15 is 0 Å². The molecule has 2 rings (SSSR count). The fourth-order valence-electron chi connectivity index (χ4n) is 3.00. The zero-order chi connectivity index (χ0) is 13.4. The molecule has 0 amide bonds. The lowest BCUT2D eigenvalue weighted by atomic mass is 9.69. The van der Waals surface area contributed by atoms with Gasteiger partial charge in [0.05, 0.1) is 0 Å². The van der Waals surface area contributed by atoms with Crippen LogP contribution in [0.1, 0.15) is 70.4 Å². The summed E-state index contributed by atoms with van der Waals surface area (Å²) in [6, 6.07) is 8.78. The highest BCUT2D eigenvalue weighted by Crippen LogP contribution is 2.43. The SMILES string of the molecule is CC1CCC(N)(CCC(C)(C)C)c2ccccc21. The molecule has 1 nitrogen and oxygen atoms in total. The molecule has 2 N–H and O–H groups in total. The highest BCUT2D eigenvalue weighted by atomic mass is 14.8. The van der Waals surface area contributed by atoms with Gasteiger partial charge in [-0.25, -0.2) is 0 Å². The molecule has 0 spiro atoms. The standard InChI is InChI=1S/C17H27N/c1-13-9-10-17(18,12-11-16(2,3)4)15-8-6-5-7-14(13)15/h5-8,13H,9-12,18H2,1-4H3. The third kappa shape index (κ3) is 2.77. The Hall–Kier alpha value is -0.820. The largest absolute Gasteiger partial charge is 0.321 e. The van der Waals surface area contributed by atoms with E-state index in [1.54, 1.807) is 0 Å². The summed E-state index contributed by atoms with van der Waals surface area (Å²) in [5.74, 6) is 0.660. The van der Waals surface area contributed by atoms with Crippen LogP contribution in [0.15, 0.2) is 24.3 Å². The van der Waals surface area contributed by atoms with Crippen molar-refractivity contribution in [3.8, 4) is 0 Å². The van der Waals surface area contributed by atoms with Gasteiger partial charge in [-0.2, -0.15) is 0 Å². The summed E-state index contributed by atoms with van der Waals surface area (Å²) in [6.45, 7) is 9.22. The smallest absolute Gasteiger partial charge is 0.0412 e. The van der Waals surface area contributed by atoms with Gasteiger partial charge in [-0.1, -0.05) is 52.0 Å². The minimum absolute atomic E-state index is 0.101. The molecule has 0 saturated carbocycles. The monoisotopic (exact) mass is 245 g/mol. The summed E-state index contributed by atoms with van der Waals surface area (Å²) >= 11 is 0. The number of hydrogen-bond donors (Lipinski definition) is 1. The predicted molar refractivity (Wildman–Crippen MR) is 78.6 cm³/mol. The number of rotatable bonds is 2. The third-order valence-electron chi connectivity index (χ3n) is 4.37. The summed E-state index contributed by atoms with van der Waals surface area (Å²) in [6.07, 6.45) is 4.63. The van der Waals surface area contributed by atoms with Crippen molar-refractivity contribution in [1.29, 1.82) is 0 Å². The molecule has 0 aromatic heterocycles. The van der Waals surface area contributed by atoms with E-state index in [-0.39, 0.29) is 5.54 Å². The van der Waals surface area contributed by atoms with Crippen LogP contribution in [0, 0.1) is 5.41 Å². The molecule has 1 aliphatic carbocycles. The predicted octanol–water partition coefficient (Wildman–Crippen LogP) is 4.56. The van der Waals surface area contributed by atoms with E-state index in [0.717, 1.165) is 12.8 Å². The molecular formula is C17H27N. The van der Waals surface area contributed by atoms with Gasteiger partial charge in [0, 0.05) is 5.54 Å². The maximum absolute atomic E-state index is 6.74. The van der Waals surface area contributed by atoms with Gasteiger partial charge in [-0.15, -0.1) is 0 Å². The van der Waals surface area contributed by atoms with Crippen LogP contribution in [0.3, 0.4) is 0 Å². The molecule has 0 saturated heterocycles. The minimum atomic E-state index is -0.101. The summed E-state index contributed by atoms with van der Waals surface area (Å²) in [7, 11) is 0. The van der Waals surface area contributed by atoms with Gasteiger partial charge in [0.1, 0.15) is 0 Å². The van der Waals surface area contributed by atoms with Gasteiger partial charge >= 0.3 is 0 Å². The van der Waals surface area contributed by atoms with Crippen LogP contribution in [0.2, 0.25) is 0 Å². The van der Waals surface area contributed by atoms with Crippen LogP contribution in [-0.2, 0) is 5.54 Å². The van der Waals surface area contributed by atoms with Gasteiger partial charge < -0.3 is 5.73 Å². The molecule has 1 aromatic carbocycles. The normalized spacial score (nSPS) is 27.9. The first-order valence-electron chi connectivity index (χ1n) is 7.20. The molecule has 0 heterocycles. The number of hydrogen-bond acceptors (Lipinski definition) is 1. The first-order chi connectivity index (χ1) is 8.32. The van der Waals surface area contributed by atoms with E-state index in [1.807, 2.05) is 0 Å². The average molecular weight is 245 g/mol. The third-order valence-corrected chi connectivity index (χ3v) is 4.37. The molecule has 0 radical (unpaired) electrons. The van der Waals surface area contributed by atoms with Crippen LogP contribution in [0.25, 0.3) is 0 Å². The maximum atomic E-state index is 6.74.